The van der Waals surface area contributed by atoms with Crippen LogP contribution >= 0.6 is 0 Å². The summed E-state index contributed by atoms with van der Waals surface area (Å²) in [6, 6.07) is 14.5. The maximum atomic E-state index is 13.1. The minimum absolute atomic E-state index is 0.0247. The van der Waals surface area contributed by atoms with Crippen LogP contribution in [0, 0.1) is 11.7 Å². The number of amides is 1. The van der Waals surface area contributed by atoms with Crippen LogP contribution < -0.4 is 5.73 Å². The number of halogens is 1. The van der Waals surface area contributed by atoms with Crippen molar-refractivity contribution < 1.29 is 18.7 Å². The topological polar surface area (TPSA) is 69.4 Å². The molecule has 0 spiro atoms. The van der Waals surface area contributed by atoms with Crippen LogP contribution in [0.25, 0.3) is 0 Å². The van der Waals surface area contributed by atoms with Crippen LogP contribution in [0.1, 0.15) is 43.4 Å². The second-order valence-electron chi connectivity index (χ2n) is 6.04. The molecule has 2 rings (SSSR count). The zero-order valence-electron chi connectivity index (χ0n) is 14.3. The Kier molecular flexibility index (Phi) is 6.28. The summed E-state index contributed by atoms with van der Waals surface area (Å²) in [5.41, 5.74) is 6.56. The zero-order chi connectivity index (χ0) is 18.4. The molecule has 5 heteroatoms. The summed E-state index contributed by atoms with van der Waals surface area (Å²) >= 11 is 0. The highest BCUT2D eigenvalue weighted by atomic mass is 19.1. The van der Waals surface area contributed by atoms with E-state index in [1.54, 1.807) is 0 Å². The van der Waals surface area contributed by atoms with Crippen LogP contribution in [0.2, 0.25) is 0 Å². The number of nitrogens with two attached hydrogens (primary N) is 1. The van der Waals surface area contributed by atoms with Crippen LogP contribution in [0.4, 0.5) is 4.39 Å². The van der Waals surface area contributed by atoms with Gasteiger partial charge >= 0.3 is 5.97 Å². The van der Waals surface area contributed by atoms with Crippen molar-refractivity contribution in [1.29, 1.82) is 0 Å². The van der Waals surface area contributed by atoms with Crippen molar-refractivity contribution >= 4 is 11.9 Å². The monoisotopic (exact) mass is 343 g/mol. The number of hydrogen-bond donors (Lipinski definition) is 1. The molecule has 0 aliphatic carbocycles. The summed E-state index contributed by atoms with van der Waals surface area (Å²) in [5, 5.41) is 0. The van der Waals surface area contributed by atoms with Crippen molar-refractivity contribution in [2.75, 3.05) is 0 Å². The first-order valence-corrected chi connectivity index (χ1v) is 8.24. The molecule has 2 aromatic rings. The molecule has 0 aromatic heterocycles. The quantitative estimate of drug-likeness (QED) is 0.779. The Morgan fingerprint density at radius 3 is 2.16 bits per heavy atom. The fourth-order valence-electron chi connectivity index (χ4n) is 2.71. The third kappa shape index (κ3) is 4.66. The van der Waals surface area contributed by atoms with Gasteiger partial charge in [-0.05, 0) is 23.6 Å². The van der Waals surface area contributed by atoms with Crippen LogP contribution in [-0.2, 0) is 14.3 Å². The number of carbonyl (C=O) groups excluding carboxylic acids is 2. The highest BCUT2D eigenvalue weighted by Crippen LogP contribution is 2.30. The Balaban J connectivity index is 2.28. The molecule has 0 aliphatic rings. The van der Waals surface area contributed by atoms with Gasteiger partial charge in [-0.3, -0.25) is 9.59 Å². The predicted octanol–water partition coefficient (Wildman–Crippen LogP) is 3.73. The van der Waals surface area contributed by atoms with Crippen molar-refractivity contribution in [2.45, 2.75) is 32.3 Å². The normalized spacial score (nSPS) is 14.4. The molecule has 0 aliphatic heterocycles. The summed E-state index contributed by atoms with van der Waals surface area (Å²) in [4.78, 5) is 24.6. The largest absolute Gasteiger partial charge is 0.447 e. The Morgan fingerprint density at radius 2 is 1.64 bits per heavy atom. The van der Waals surface area contributed by atoms with Gasteiger partial charge in [0.1, 0.15) is 5.82 Å². The van der Waals surface area contributed by atoms with Gasteiger partial charge in [-0.2, -0.15) is 0 Å². The van der Waals surface area contributed by atoms with Crippen molar-refractivity contribution in [3.63, 3.8) is 0 Å². The van der Waals surface area contributed by atoms with Crippen LogP contribution in [0.3, 0.4) is 0 Å². The maximum Gasteiger partial charge on any atom is 0.314 e. The lowest BCUT2D eigenvalue weighted by molar-refractivity contribution is -0.158. The van der Waals surface area contributed by atoms with E-state index >= 15 is 0 Å². The summed E-state index contributed by atoms with van der Waals surface area (Å²) < 4.78 is 18.5. The number of ether oxygens (including phenoxy) is 1. The highest BCUT2D eigenvalue weighted by Gasteiger charge is 2.31. The summed E-state index contributed by atoms with van der Waals surface area (Å²) in [6.07, 6.45) is -0.477. The van der Waals surface area contributed by atoms with Crippen LogP contribution in [0.5, 0.6) is 0 Å². The second-order valence-corrected chi connectivity index (χ2v) is 6.04. The fourth-order valence-corrected chi connectivity index (χ4v) is 2.71. The standard InChI is InChI=1S/C20H22FNO3/c1-3-13(2)17(14-7-5-4-6-8-14)20(24)25-18(19(22)23)15-9-11-16(21)12-10-15/h4-13,17-18H,3H2,1-2H3,(H2,22,23). The second kappa shape index (κ2) is 8.42. The molecule has 1 amide bonds. The average molecular weight is 343 g/mol. The SMILES string of the molecule is CCC(C)C(C(=O)OC(C(N)=O)c1ccc(F)cc1)c1ccccc1. The van der Waals surface area contributed by atoms with E-state index in [1.165, 1.54) is 24.3 Å². The molecule has 0 saturated heterocycles. The smallest absolute Gasteiger partial charge is 0.314 e. The number of esters is 1. The Bertz CT molecular complexity index is 715. The first kappa shape index (κ1) is 18.6. The van der Waals surface area contributed by atoms with Crippen molar-refractivity contribution in [3.05, 3.63) is 71.5 Å². The summed E-state index contributed by atoms with van der Waals surface area (Å²) in [5.74, 6) is -2.24. The number of primary amides is 1. The molecule has 0 saturated carbocycles. The highest BCUT2D eigenvalue weighted by molar-refractivity contribution is 5.86. The molecule has 3 unspecified atom stereocenters. The van der Waals surface area contributed by atoms with Gasteiger partial charge in [0, 0.05) is 5.56 Å². The molecule has 0 bridgehead atoms. The summed E-state index contributed by atoms with van der Waals surface area (Å²) in [6.45, 7) is 3.94. The average Bonchev–Trinajstić information content (AvgIpc) is 2.61. The minimum atomic E-state index is -1.25. The van der Waals surface area contributed by atoms with Gasteiger partial charge in [0.15, 0.2) is 0 Å². The van der Waals surface area contributed by atoms with E-state index in [0.717, 1.165) is 12.0 Å². The van der Waals surface area contributed by atoms with E-state index in [2.05, 4.69) is 0 Å². The first-order chi connectivity index (χ1) is 11.9. The lowest BCUT2D eigenvalue weighted by atomic mass is 9.85. The molecule has 0 fully saturated rings. The Morgan fingerprint density at radius 1 is 1.04 bits per heavy atom. The van der Waals surface area contributed by atoms with E-state index < -0.39 is 29.7 Å². The lowest BCUT2D eigenvalue weighted by Crippen LogP contribution is -2.30. The number of rotatable bonds is 7. The van der Waals surface area contributed by atoms with Gasteiger partial charge < -0.3 is 10.5 Å². The molecule has 25 heavy (non-hydrogen) atoms. The van der Waals surface area contributed by atoms with Gasteiger partial charge in [0.05, 0.1) is 5.92 Å². The summed E-state index contributed by atoms with van der Waals surface area (Å²) in [7, 11) is 0. The fraction of sp³-hybridized carbons (Fsp3) is 0.300. The Labute approximate surface area is 146 Å². The van der Waals surface area contributed by atoms with Gasteiger partial charge in [-0.15, -0.1) is 0 Å². The molecule has 2 aromatic carbocycles. The lowest BCUT2D eigenvalue weighted by Gasteiger charge is -2.24. The molecular weight excluding hydrogens is 321 g/mol. The number of carbonyl (C=O) groups is 2. The van der Waals surface area contributed by atoms with E-state index in [4.69, 9.17) is 10.5 Å². The van der Waals surface area contributed by atoms with Crippen LogP contribution in [-0.4, -0.2) is 11.9 Å². The minimum Gasteiger partial charge on any atom is -0.447 e. The zero-order valence-corrected chi connectivity index (χ0v) is 14.3. The molecule has 0 radical (unpaired) electrons. The van der Waals surface area contributed by atoms with E-state index in [9.17, 15) is 14.0 Å². The Hall–Kier alpha value is -2.69. The first-order valence-electron chi connectivity index (χ1n) is 8.24. The molecule has 3 atom stereocenters. The number of hydrogen-bond acceptors (Lipinski definition) is 3. The van der Waals surface area contributed by atoms with E-state index in [-0.39, 0.29) is 5.92 Å². The molecule has 4 nitrogen and oxygen atoms in total. The molecular formula is C20H22FNO3. The van der Waals surface area contributed by atoms with Crippen molar-refractivity contribution in [1.82, 2.24) is 0 Å². The predicted molar refractivity (Wildman–Crippen MR) is 93.1 cm³/mol. The van der Waals surface area contributed by atoms with Gasteiger partial charge in [-0.1, -0.05) is 62.7 Å². The van der Waals surface area contributed by atoms with Crippen molar-refractivity contribution in [2.24, 2.45) is 11.7 Å². The van der Waals surface area contributed by atoms with Gasteiger partial charge in [0.2, 0.25) is 6.10 Å². The van der Waals surface area contributed by atoms with Crippen molar-refractivity contribution in [3.8, 4) is 0 Å². The molecule has 0 heterocycles. The van der Waals surface area contributed by atoms with Crippen LogP contribution in [0.15, 0.2) is 54.6 Å². The molecule has 2 N–H and O–H groups in total. The van der Waals surface area contributed by atoms with Gasteiger partial charge in [0.25, 0.3) is 5.91 Å². The maximum absolute atomic E-state index is 13.1. The van der Waals surface area contributed by atoms with E-state index in [1.807, 2.05) is 44.2 Å². The van der Waals surface area contributed by atoms with Gasteiger partial charge in [-0.25, -0.2) is 4.39 Å². The number of benzene rings is 2. The third-order valence-corrected chi connectivity index (χ3v) is 4.29. The van der Waals surface area contributed by atoms with E-state index in [0.29, 0.717) is 5.56 Å². The molecule has 132 valence electrons. The third-order valence-electron chi connectivity index (χ3n) is 4.29.